The van der Waals surface area contributed by atoms with Crippen molar-refractivity contribution in [1.82, 2.24) is 0 Å². The van der Waals surface area contributed by atoms with Crippen LogP contribution in [0.4, 0.5) is 11.4 Å². The van der Waals surface area contributed by atoms with Crippen molar-refractivity contribution in [3.05, 3.63) is 42.4 Å². The molecule has 0 saturated carbocycles. The van der Waals surface area contributed by atoms with E-state index in [-0.39, 0.29) is 30.9 Å². The summed E-state index contributed by atoms with van der Waals surface area (Å²) in [5.74, 6) is -1.44. The Balaban J connectivity index is 2.04. The molecular weight excluding hydrogens is 328 g/mol. The average Bonchev–Trinajstić information content (AvgIpc) is 3.09. The number of ether oxygens (including phenoxy) is 1. The lowest BCUT2D eigenvalue weighted by Crippen LogP contribution is -2.22. The Kier molecular flexibility index (Phi) is 6.16. The van der Waals surface area contributed by atoms with Crippen LogP contribution >= 0.6 is 0 Å². The number of hydrogen-bond acceptors (Lipinski definition) is 6. The normalized spacial score (nSPS) is 10.1. The molecule has 0 radical (unpaired) electrons. The highest BCUT2D eigenvalue weighted by Crippen LogP contribution is 2.28. The van der Waals surface area contributed by atoms with Crippen LogP contribution in [0.3, 0.4) is 0 Å². The summed E-state index contributed by atoms with van der Waals surface area (Å²) in [6.45, 7) is 0. The van der Waals surface area contributed by atoms with E-state index in [1.165, 1.54) is 25.5 Å². The molecule has 2 amide bonds. The molecule has 0 atom stereocenters. The lowest BCUT2D eigenvalue weighted by molar-refractivity contribution is -0.305. The van der Waals surface area contributed by atoms with Gasteiger partial charge in [-0.05, 0) is 43.2 Å². The van der Waals surface area contributed by atoms with Crippen LogP contribution in [0.2, 0.25) is 0 Å². The molecule has 1 aromatic carbocycles. The van der Waals surface area contributed by atoms with Crippen molar-refractivity contribution in [1.29, 1.82) is 0 Å². The van der Waals surface area contributed by atoms with Crippen LogP contribution in [0.1, 0.15) is 29.8 Å². The quantitative estimate of drug-likeness (QED) is 0.746. The molecule has 0 aliphatic heterocycles. The van der Waals surface area contributed by atoms with E-state index in [2.05, 4.69) is 10.6 Å². The number of carboxylic acid groups (broad SMARTS) is 1. The number of nitrogens with one attached hydrogen (secondary N) is 2. The predicted octanol–water partition coefficient (Wildman–Crippen LogP) is 1.40. The molecular formula is C17H17N2O6-. The van der Waals surface area contributed by atoms with E-state index in [0.717, 1.165) is 0 Å². The SMILES string of the molecule is COc1ccc(NC(=O)CCCC(=O)[O-])cc1NC(=O)c1ccco1. The van der Waals surface area contributed by atoms with Crippen LogP contribution < -0.4 is 20.5 Å². The fraction of sp³-hybridized carbons (Fsp3) is 0.235. The van der Waals surface area contributed by atoms with Crippen LogP contribution in [-0.2, 0) is 9.59 Å². The number of carbonyl (C=O) groups is 3. The van der Waals surface area contributed by atoms with Gasteiger partial charge in [-0.3, -0.25) is 9.59 Å². The Morgan fingerprint density at radius 3 is 2.60 bits per heavy atom. The minimum absolute atomic E-state index is 0.0497. The highest BCUT2D eigenvalue weighted by Gasteiger charge is 2.13. The first-order valence-electron chi connectivity index (χ1n) is 7.52. The number of hydrogen-bond donors (Lipinski definition) is 2. The van der Waals surface area contributed by atoms with Gasteiger partial charge in [0.25, 0.3) is 5.91 Å². The molecule has 0 fully saturated rings. The summed E-state index contributed by atoms with van der Waals surface area (Å²) in [6, 6.07) is 7.85. The number of methoxy groups -OCH3 is 1. The third-order valence-electron chi connectivity index (χ3n) is 3.26. The number of carboxylic acids is 1. The number of carbonyl (C=O) groups excluding carboxylic acids is 3. The lowest BCUT2D eigenvalue weighted by atomic mass is 10.2. The van der Waals surface area contributed by atoms with Gasteiger partial charge in [-0.1, -0.05) is 0 Å². The number of benzene rings is 1. The first kappa shape index (κ1) is 18.1. The van der Waals surface area contributed by atoms with Crippen molar-refractivity contribution in [2.75, 3.05) is 17.7 Å². The second kappa shape index (κ2) is 8.53. The van der Waals surface area contributed by atoms with E-state index < -0.39 is 11.9 Å². The van der Waals surface area contributed by atoms with Crippen LogP contribution in [-0.4, -0.2) is 24.9 Å². The second-order valence-electron chi connectivity index (χ2n) is 5.12. The summed E-state index contributed by atoms with van der Waals surface area (Å²) in [5, 5.41) is 15.6. The zero-order chi connectivity index (χ0) is 18.2. The largest absolute Gasteiger partial charge is 0.550 e. The van der Waals surface area contributed by atoms with Gasteiger partial charge in [0.15, 0.2) is 5.76 Å². The molecule has 0 unspecified atom stereocenters. The van der Waals surface area contributed by atoms with Gasteiger partial charge in [0.05, 0.1) is 19.1 Å². The van der Waals surface area contributed by atoms with Gasteiger partial charge in [-0.15, -0.1) is 0 Å². The van der Waals surface area contributed by atoms with Crippen molar-refractivity contribution in [2.45, 2.75) is 19.3 Å². The lowest BCUT2D eigenvalue weighted by Gasteiger charge is -2.12. The van der Waals surface area contributed by atoms with Crippen molar-refractivity contribution >= 4 is 29.2 Å². The molecule has 1 aromatic heterocycles. The third kappa shape index (κ3) is 5.38. The number of furan rings is 1. The first-order valence-corrected chi connectivity index (χ1v) is 7.52. The Morgan fingerprint density at radius 1 is 1.16 bits per heavy atom. The van der Waals surface area contributed by atoms with Gasteiger partial charge in [-0.2, -0.15) is 0 Å². The summed E-state index contributed by atoms with van der Waals surface area (Å²) in [6.07, 6.45) is 1.44. The standard InChI is InChI=1S/C17H18N2O6/c1-24-13-8-7-11(18-15(20)5-2-6-16(21)22)10-12(13)19-17(23)14-4-3-9-25-14/h3-4,7-10H,2,5-6H2,1H3,(H,18,20)(H,19,23)(H,21,22)/p-1. The number of amides is 2. The zero-order valence-corrected chi connectivity index (χ0v) is 13.5. The summed E-state index contributed by atoms with van der Waals surface area (Å²) in [5.41, 5.74) is 0.797. The van der Waals surface area contributed by atoms with Crippen molar-refractivity contribution in [3.8, 4) is 5.75 Å². The van der Waals surface area contributed by atoms with E-state index in [1.54, 1.807) is 18.2 Å². The Labute approximate surface area is 143 Å². The average molecular weight is 345 g/mol. The maximum atomic E-state index is 12.1. The summed E-state index contributed by atoms with van der Waals surface area (Å²) in [7, 11) is 1.45. The second-order valence-corrected chi connectivity index (χ2v) is 5.12. The molecule has 2 rings (SSSR count). The van der Waals surface area contributed by atoms with E-state index >= 15 is 0 Å². The van der Waals surface area contributed by atoms with E-state index in [1.807, 2.05) is 0 Å². The molecule has 0 saturated heterocycles. The Hall–Kier alpha value is -3.29. The van der Waals surface area contributed by atoms with Gasteiger partial charge < -0.3 is 29.7 Å². The van der Waals surface area contributed by atoms with Crippen LogP contribution in [0.25, 0.3) is 0 Å². The van der Waals surface area contributed by atoms with Crippen LogP contribution in [0.15, 0.2) is 41.0 Å². The van der Waals surface area contributed by atoms with Gasteiger partial charge in [0.2, 0.25) is 5.91 Å². The molecule has 0 spiro atoms. The number of aliphatic carboxylic acids is 1. The molecule has 8 nitrogen and oxygen atoms in total. The molecule has 0 aliphatic carbocycles. The predicted molar refractivity (Wildman–Crippen MR) is 87.1 cm³/mol. The summed E-state index contributed by atoms with van der Waals surface area (Å²) >= 11 is 0. The minimum atomic E-state index is -1.19. The molecule has 2 aromatic rings. The van der Waals surface area contributed by atoms with Crippen LogP contribution in [0, 0.1) is 0 Å². The molecule has 0 bridgehead atoms. The smallest absolute Gasteiger partial charge is 0.291 e. The third-order valence-corrected chi connectivity index (χ3v) is 3.26. The van der Waals surface area contributed by atoms with Gasteiger partial charge >= 0.3 is 0 Å². The molecule has 8 heteroatoms. The summed E-state index contributed by atoms with van der Waals surface area (Å²) < 4.78 is 10.2. The minimum Gasteiger partial charge on any atom is -0.550 e. The van der Waals surface area contributed by atoms with Crippen molar-refractivity contribution in [2.24, 2.45) is 0 Å². The highest BCUT2D eigenvalue weighted by atomic mass is 16.5. The number of rotatable bonds is 8. The Morgan fingerprint density at radius 2 is 1.96 bits per heavy atom. The number of anilines is 2. The maximum absolute atomic E-state index is 12.1. The van der Waals surface area contributed by atoms with Gasteiger partial charge in [0.1, 0.15) is 5.75 Å². The van der Waals surface area contributed by atoms with E-state index in [0.29, 0.717) is 17.1 Å². The molecule has 2 N–H and O–H groups in total. The van der Waals surface area contributed by atoms with Crippen molar-refractivity contribution in [3.63, 3.8) is 0 Å². The fourth-order valence-corrected chi connectivity index (χ4v) is 2.09. The monoisotopic (exact) mass is 345 g/mol. The topological polar surface area (TPSA) is 121 Å². The van der Waals surface area contributed by atoms with Gasteiger partial charge in [-0.25, -0.2) is 0 Å². The maximum Gasteiger partial charge on any atom is 0.291 e. The molecule has 1 heterocycles. The van der Waals surface area contributed by atoms with Gasteiger partial charge in [0, 0.05) is 18.1 Å². The molecule has 132 valence electrons. The van der Waals surface area contributed by atoms with Crippen molar-refractivity contribution < 1.29 is 28.6 Å². The van der Waals surface area contributed by atoms with E-state index in [9.17, 15) is 19.5 Å². The molecule has 25 heavy (non-hydrogen) atoms. The van der Waals surface area contributed by atoms with E-state index in [4.69, 9.17) is 9.15 Å². The van der Waals surface area contributed by atoms with Crippen LogP contribution in [0.5, 0.6) is 5.75 Å². The fourth-order valence-electron chi connectivity index (χ4n) is 2.09. The molecule has 0 aliphatic rings. The Bertz CT molecular complexity index is 755. The summed E-state index contributed by atoms with van der Waals surface area (Å²) in [4.78, 5) is 34.2. The highest BCUT2D eigenvalue weighted by molar-refractivity contribution is 6.03. The zero-order valence-electron chi connectivity index (χ0n) is 13.5. The first-order chi connectivity index (χ1) is 12.0.